The van der Waals surface area contributed by atoms with Gasteiger partial charge >= 0.3 is 0 Å². The van der Waals surface area contributed by atoms with E-state index in [4.69, 9.17) is 4.74 Å². The second-order valence-electron chi connectivity index (χ2n) is 6.00. The van der Waals surface area contributed by atoms with Gasteiger partial charge in [0, 0.05) is 38.3 Å². The molecule has 3 nitrogen and oxygen atoms in total. The zero-order valence-electron chi connectivity index (χ0n) is 12.3. The molecule has 3 atom stereocenters. The van der Waals surface area contributed by atoms with Crippen molar-refractivity contribution >= 4 is 0 Å². The third-order valence-corrected chi connectivity index (χ3v) is 4.94. The van der Waals surface area contributed by atoms with Crippen LogP contribution in [0.3, 0.4) is 0 Å². The normalized spacial score (nSPS) is 30.8. The lowest BCUT2D eigenvalue weighted by Gasteiger charge is -2.34. The lowest BCUT2D eigenvalue weighted by Crippen LogP contribution is -2.42. The SMILES string of the molecule is CCC(CC)N(CCOC)CC1CC2CCC1N2. The van der Waals surface area contributed by atoms with Gasteiger partial charge < -0.3 is 10.1 Å². The fourth-order valence-corrected chi connectivity index (χ4v) is 3.88. The Hall–Kier alpha value is -0.120. The van der Waals surface area contributed by atoms with Crippen LogP contribution >= 0.6 is 0 Å². The summed E-state index contributed by atoms with van der Waals surface area (Å²) in [6, 6.07) is 2.36. The molecule has 3 unspecified atom stereocenters. The van der Waals surface area contributed by atoms with Crippen LogP contribution in [0, 0.1) is 5.92 Å². The molecule has 0 aliphatic carbocycles. The molecule has 18 heavy (non-hydrogen) atoms. The van der Waals surface area contributed by atoms with Gasteiger partial charge in [0.15, 0.2) is 0 Å². The number of rotatable bonds is 8. The molecule has 0 radical (unpaired) electrons. The molecule has 0 aromatic carbocycles. The summed E-state index contributed by atoms with van der Waals surface area (Å²) in [4.78, 5) is 2.68. The van der Waals surface area contributed by atoms with Crippen molar-refractivity contribution < 1.29 is 4.74 Å². The van der Waals surface area contributed by atoms with Crippen molar-refractivity contribution in [2.45, 2.75) is 64.1 Å². The maximum atomic E-state index is 5.28. The van der Waals surface area contributed by atoms with Crippen LogP contribution < -0.4 is 5.32 Å². The van der Waals surface area contributed by atoms with Gasteiger partial charge in [-0.2, -0.15) is 0 Å². The highest BCUT2D eigenvalue weighted by molar-refractivity contribution is 4.98. The molecule has 2 aliphatic heterocycles. The van der Waals surface area contributed by atoms with Gasteiger partial charge in [-0.05, 0) is 38.0 Å². The highest BCUT2D eigenvalue weighted by Crippen LogP contribution is 2.34. The van der Waals surface area contributed by atoms with Gasteiger partial charge in [0.05, 0.1) is 6.61 Å². The van der Waals surface area contributed by atoms with Gasteiger partial charge in [-0.15, -0.1) is 0 Å². The molecular weight excluding hydrogens is 224 g/mol. The summed E-state index contributed by atoms with van der Waals surface area (Å²) < 4.78 is 5.28. The van der Waals surface area contributed by atoms with Crippen LogP contribution in [-0.2, 0) is 4.74 Å². The molecule has 3 heteroatoms. The summed E-state index contributed by atoms with van der Waals surface area (Å²) in [6.07, 6.45) is 6.72. The summed E-state index contributed by atoms with van der Waals surface area (Å²) in [7, 11) is 1.81. The maximum Gasteiger partial charge on any atom is 0.0589 e. The number of nitrogens with zero attached hydrogens (tertiary/aromatic N) is 1. The highest BCUT2D eigenvalue weighted by atomic mass is 16.5. The fraction of sp³-hybridized carbons (Fsp3) is 1.00. The number of methoxy groups -OCH3 is 1. The van der Waals surface area contributed by atoms with Crippen molar-refractivity contribution in [2.75, 3.05) is 26.8 Å². The topological polar surface area (TPSA) is 24.5 Å². The van der Waals surface area contributed by atoms with Gasteiger partial charge in [-0.25, -0.2) is 0 Å². The number of ether oxygens (including phenoxy) is 1. The van der Waals surface area contributed by atoms with Gasteiger partial charge in [0.2, 0.25) is 0 Å². The summed E-state index contributed by atoms with van der Waals surface area (Å²) in [6.45, 7) is 7.85. The molecule has 2 fully saturated rings. The standard InChI is InChI=1S/C15H30N2O/c1-4-14(5-2)17(8-9-18-3)11-12-10-13-6-7-15(12)16-13/h12-16H,4-11H2,1-3H3. The lowest BCUT2D eigenvalue weighted by molar-refractivity contribution is 0.0967. The van der Waals surface area contributed by atoms with E-state index in [9.17, 15) is 0 Å². The minimum absolute atomic E-state index is 0.735. The highest BCUT2D eigenvalue weighted by Gasteiger charge is 2.39. The summed E-state index contributed by atoms with van der Waals surface area (Å²) in [5.41, 5.74) is 0. The Morgan fingerprint density at radius 3 is 2.56 bits per heavy atom. The van der Waals surface area contributed by atoms with Crippen LogP contribution in [0.1, 0.15) is 46.0 Å². The maximum absolute atomic E-state index is 5.28. The van der Waals surface area contributed by atoms with E-state index in [-0.39, 0.29) is 0 Å². The predicted molar refractivity (Wildman–Crippen MR) is 75.9 cm³/mol. The van der Waals surface area contributed by atoms with E-state index in [1.54, 1.807) is 0 Å². The van der Waals surface area contributed by atoms with Crippen molar-refractivity contribution in [2.24, 2.45) is 5.92 Å². The summed E-state index contributed by atoms with van der Waals surface area (Å²) in [5.74, 6) is 0.876. The molecule has 2 bridgehead atoms. The smallest absolute Gasteiger partial charge is 0.0589 e. The van der Waals surface area contributed by atoms with Gasteiger partial charge in [-0.3, -0.25) is 4.90 Å². The van der Waals surface area contributed by atoms with E-state index in [1.165, 1.54) is 38.6 Å². The van der Waals surface area contributed by atoms with Gasteiger partial charge in [-0.1, -0.05) is 13.8 Å². The van der Waals surface area contributed by atoms with Crippen LogP contribution in [0.4, 0.5) is 0 Å². The van der Waals surface area contributed by atoms with Crippen LogP contribution in [0.5, 0.6) is 0 Å². The van der Waals surface area contributed by atoms with Crippen molar-refractivity contribution in [3.63, 3.8) is 0 Å². The van der Waals surface area contributed by atoms with E-state index < -0.39 is 0 Å². The van der Waals surface area contributed by atoms with Crippen molar-refractivity contribution in [1.29, 1.82) is 0 Å². The average molecular weight is 254 g/mol. The lowest BCUT2D eigenvalue weighted by atomic mass is 9.88. The molecule has 106 valence electrons. The quantitative estimate of drug-likeness (QED) is 0.719. The molecule has 0 spiro atoms. The van der Waals surface area contributed by atoms with Crippen molar-refractivity contribution in [1.82, 2.24) is 10.2 Å². The Labute approximate surface area is 112 Å². The van der Waals surface area contributed by atoms with E-state index in [2.05, 4.69) is 24.1 Å². The monoisotopic (exact) mass is 254 g/mol. The fourth-order valence-electron chi connectivity index (χ4n) is 3.88. The van der Waals surface area contributed by atoms with Crippen molar-refractivity contribution in [3.05, 3.63) is 0 Å². The Morgan fingerprint density at radius 1 is 1.28 bits per heavy atom. The molecule has 2 rings (SSSR count). The molecular formula is C15H30N2O. The van der Waals surface area contributed by atoms with Crippen LogP contribution in [-0.4, -0.2) is 49.8 Å². The Balaban J connectivity index is 1.87. The molecule has 2 aliphatic rings. The van der Waals surface area contributed by atoms with Gasteiger partial charge in [0.25, 0.3) is 0 Å². The third-order valence-electron chi connectivity index (χ3n) is 4.94. The van der Waals surface area contributed by atoms with Gasteiger partial charge in [0.1, 0.15) is 0 Å². The predicted octanol–water partition coefficient (Wildman–Crippen LogP) is 2.26. The Bertz CT molecular complexity index is 243. The largest absolute Gasteiger partial charge is 0.383 e. The first-order valence-electron chi connectivity index (χ1n) is 7.77. The zero-order chi connectivity index (χ0) is 13.0. The third kappa shape index (κ3) is 3.25. The molecule has 0 amide bonds. The Morgan fingerprint density at radius 2 is 2.06 bits per heavy atom. The second kappa shape index (κ2) is 6.88. The molecule has 1 N–H and O–H groups in total. The average Bonchev–Trinajstić information content (AvgIpc) is 2.99. The van der Waals surface area contributed by atoms with Crippen LogP contribution in [0.15, 0.2) is 0 Å². The zero-order valence-corrected chi connectivity index (χ0v) is 12.3. The van der Waals surface area contributed by atoms with Crippen LogP contribution in [0.25, 0.3) is 0 Å². The first-order chi connectivity index (χ1) is 8.78. The molecule has 2 saturated heterocycles. The minimum atomic E-state index is 0.735. The molecule has 0 aromatic heterocycles. The number of hydrogen-bond donors (Lipinski definition) is 1. The van der Waals surface area contributed by atoms with Crippen molar-refractivity contribution in [3.8, 4) is 0 Å². The first-order valence-corrected chi connectivity index (χ1v) is 7.77. The Kier molecular flexibility index (Phi) is 5.46. The van der Waals surface area contributed by atoms with Crippen LogP contribution in [0.2, 0.25) is 0 Å². The number of hydrogen-bond acceptors (Lipinski definition) is 3. The minimum Gasteiger partial charge on any atom is -0.383 e. The summed E-state index contributed by atoms with van der Waals surface area (Å²) >= 11 is 0. The molecule has 0 saturated carbocycles. The second-order valence-corrected chi connectivity index (χ2v) is 6.00. The summed E-state index contributed by atoms with van der Waals surface area (Å²) in [5, 5.41) is 3.76. The first kappa shape index (κ1) is 14.3. The molecule has 0 aromatic rings. The number of nitrogens with one attached hydrogen (secondary N) is 1. The van der Waals surface area contributed by atoms with E-state index >= 15 is 0 Å². The van der Waals surface area contributed by atoms with E-state index in [1.807, 2.05) is 7.11 Å². The molecule has 2 heterocycles. The van der Waals surface area contributed by atoms with E-state index in [0.29, 0.717) is 0 Å². The number of fused-ring (bicyclic) bond motifs is 2. The van der Waals surface area contributed by atoms with E-state index in [0.717, 1.165) is 37.2 Å².